The van der Waals surface area contributed by atoms with Crippen LogP contribution in [0.3, 0.4) is 0 Å². The third-order valence-corrected chi connectivity index (χ3v) is 14.8. The van der Waals surface area contributed by atoms with E-state index in [1.165, 1.54) is 83.5 Å². The van der Waals surface area contributed by atoms with Crippen molar-refractivity contribution in [2.24, 2.45) is 59.2 Å². The SMILES string of the molecule is O=C(O)C1CCC(C2CCCCC2)CC1CONC1CCC(CC2CCC(NC(=O)C3CC(C4CCCCC4)CCC3C(=O)O)CC2)CC1. The zero-order valence-corrected chi connectivity index (χ0v) is 30.3. The van der Waals surface area contributed by atoms with Crippen LogP contribution in [0.15, 0.2) is 0 Å². The van der Waals surface area contributed by atoms with Crippen LogP contribution in [0.4, 0.5) is 0 Å². The molecule has 0 saturated heterocycles. The minimum Gasteiger partial charge on any atom is -0.481 e. The van der Waals surface area contributed by atoms with Gasteiger partial charge in [0.15, 0.2) is 0 Å². The zero-order valence-electron chi connectivity index (χ0n) is 30.3. The Labute approximate surface area is 296 Å². The number of carboxylic acids is 2. The molecule has 6 fully saturated rings. The molecule has 6 saturated carbocycles. The van der Waals surface area contributed by atoms with Gasteiger partial charge in [-0.15, -0.1) is 0 Å². The van der Waals surface area contributed by atoms with Gasteiger partial charge in [-0.1, -0.05) is 64.2 Å². The van der Waals surface area contributed by atoms with Crippen molar-refractivity contribution < 1.29 is 29.4 Å². The largest absolute Gasteiger partial charge is 0.481 e. The highest BCUT2D eigenvalue weighted by molar-refractivity contribution is 5.85. The molecule has 0 aromatic carbocycles. The first-order valence-corrected chi connectivity index (χ1v) is 21.0. The molecular weight excluding hydrogens is 616 g/mol. The van der Waals surface area contributed by atoms with Crippen LogP contribution in [0.1, 0.15) is 161 Å². The molecule has 0 spiro atoms. The predicted molar refractivity (Wildman–Crippen MR) is 190 cm³/mol. The van der Waals surface area contributed by atoms with E-state index < -0.39 is 17.9 Å². The Morgan fingerprint density at radius 2 is 1.02 bits per heavy atom. The van der Waals surface area contributed by atoms with Crippen LogP contribution in [0.2, 0.25) is 0 Å². The molecule has 1 amide bonds. The van der Waals surface area contributed by atoms with Crippen molar-refractivity contribution in [2.75, 3.05) is 6.61 Å². The van der Waals surface area contributed by atoms with Crippen molar-refractivity contribution >= 4 is 17.8 Å². The van der Waals surface area contributed by atoms with E-state index in [1.54, 1.807) is 0 Å². The van der Waals surface area contributed by atoms with Crippen LogP contribution >= 0.6 is 0 Å². The smallest absolute Gasteiger partial charge is 0.307 e. The highest BCUT2D eigenvalue weighted by Gasteiger charge is 2.42. The summed E-state index contributed by atoms with van der Waals surface area (Å²) >= 11 is 0. The third kappa shape index (κ3) is 10.2. The van der Waals surface area contributed by atoms with Gasteiger partial charge in [-0.2, -0.15) is 5.48 Å². The number of amides is 1. The van der Waals surface area contributed by atoms with E-state index in [9.17, 15) is 24.6 Å². The second-order valence-corrected chi connectivity index (χ2v) is 17.8. The summed E-state index contributed by atoms with van der Waals surface area (Å²) < 4.78 is 0. The Balaban J connectivity index is 0.873. The van der Waals surface area contributed by atoms with Gasteiger partial charge in [0.25, 0.3) is 0 Å². The van der Waals surface area contributed by atoms with Crippen molar-refractivity contribution in [3.63, 3.8) is 0 Å². The average Bonchev–Trinajstić information content (AvgIpc) is 3.13. The number of rotatable bonds is 12. The maximum absolute atomic E-state index is 13.5. The number of hydrogen-bond acceptors (Lipinski definition) is 5. The lowest BCUT2D eigenvalue weighted by Crippen LogP contribution is -2.47. The Hall–Kier alpha value is -1.67. The molecule has 0 aromatic heterocycles. The van der Waals surface area contributed by atoms with E-state index in [4.69, 9.17) is 4.84 Å². The van der Waals surface area contributed by atoms with E-state index in [-0.39, 0.29) is 29.7 Å². The van der Waals surface area contributed by atoms with Crippen LogP contribution in [0, 0.1) is 59.2 Å². The second kappa shape index (κ2) is 18.2. The molecule has 0 aromatic rings. The van der Waals surface area contributed by atoms with Gasteiger partial charge in [-0.05, 0) is 138 Å². The number of hydrogen-bond donors (Lipinski definition) is 4. The fraction of sp³-hybridized carbons (Fsp3) is 0.927. The van der Waals surface area contributed by atoms with Gasteiger partial charge in [0, 0.05) is 12.1 Å². The number of nitrogens with one attached hydrogen (secondary N) is 2. The Bertz CT molecular complexity index is 1060. The molecule has 6 unspecified atom stereocenters. The normalized spacial score (nSPS) is 38.4. The van der Waals surface area contributed by atoms with E-state index in [0.29, 0.717) is 42.7 Å². The fourth-order valence-corrected chi connectivity index (χ4v) is 11.8. The van der Waals surface area contributed by atoms with Crippen LogP contribution in [-0.4, -0.2) is 46.7 Å². The van der Waals surface area contributed by atoms with Crippen molar-refractivity contribution in [3.05, 3.63) is 0 Å². The quantitative estimate of drug-likeness (QED) is 0.152. The highest BCUT2D eigenvalue weighted by Crippen LogP contribution is 2.44. The molecule has 6 aliphatic rings. The van der Waals surface area contributed by atoms with E-state index in [2.05, 4.69) is 10.8 Å². The predicted octanol–water partition coefficient (Wildman–Crippen LogP) is 8.53. The third-order valence-electron chi connectivity index (χ3n) is 14.8. The van der Waals surface area contributed by atoms with E-state index in [1.807, 2.05) is 0 Å². The van der Waals surface area contributed by atoms with Crippen LogP contribution < -0.4 is 10.8 Å². The topological polar surface area (TPSA) is 125 Å². The van der Waals surface area contributed by atoms with Gasteiger partial charge < -0.3 is 20.4 Å². The molecule has 4 N–H and O–H groups in total. The Morgan fingerprint density at radius 1 is 0.510 bits per heavy atom. The summed E-state index contributed by atoms with van der Waals surface area (Å²) in [6.45, 7) is 0.513. The molecule has 0 radical (unpaired) electrons. The number of hydroxylamine groups is 1. The number of carbonyl (C=O) groups excluding carboxylic acids is 1. The fourth-order valence-electron chi connectivity index (χ4n) is 11.8. The van der Waals surface area contributed by atoms with Gasteiger partial charge in [-0.3, -0.25) is 14.4 Å². The van der Waals surface area contributed by atoms with Gasteiger partial charge >= 0.3 is 11.9 Å². The lowest BCUT2D eigenvalue weighted by Gasteiger charge is -2.40. The molecule has 0 aliphatic heterocycles. The van der Waals surface area contributed by atoms with Crippen molar-refractivity contribution in [1.82, 2.24) is 10.8 Å². The summed E-state index contributed by atoms with van der Waals surface area (Å²) in [4.78, 5) is 43.7. The molecule has 8 nitrogen and oxygen atoms in total. The number of aliphatic carboxylic acids is 2. The molecule has 6 aliphatic carbocycles. The first-order valence-electron chi connectivity index (χ1n) is 21.0. The van der Waals surface area contributed by atoms with E-state index >= 15 is 0 Å². The maximum atomic E-state index is 13.5. The molecule has 49 heavy (non-hydrogen) atoms. The Morgan fingerprint density at radius 3 is 1.57 bits per heavy atom. The number of carboxylic acid groups (broad SMARTS) is 2. The number of carbonyl (C=O) groups is 3. The van der Waals surface area contributed by atoms with Gasteiger partial charge in [0.05, 0.1) is 24.4 Å². The molecule has 8 heteroatoms. The first-order chi connectivity index (χ1) is 23.8. The lowest BCUT2D eigenvalue weighted by atomic mass is 9.66. The molecule has 278 valence electrons. The maximum Gasteiger partial charge on any atom is 0.307 e. The highest BCUT2D eigenvalue weighted by atomic mass is 16.6. The monoisotopic (exact) mass is 685 g/mol. The first kappa shape index (κ1) is 37.1. The van der Waals surface area contributed by atoms with Gasteiger partial charge in [0.1, 0.15) is 0 Å². The second-order valence-electron chi connectivity index (χ2n) is 17.8. The van der Waals surface area contributed by atoms with E-state index in [0.717, 1.165) is 82.5 Å². The summed E-state index contributed by atoms with van der Waals surface area (Å²) in [5.74, 6) is 1.63. The lowest BCUT2D eigenvalue weighted by molar-refractivity contribution is -0.150. The standard InChI is InChI=1S/C41H68N2O6/c44-39(38-25-32(16-22-37(38)41(47)48)30-9-5-2-6-10-30)42-34-17-11-27(12-18-34)23-28-13-19-35(20-14-28)43-49-26-33-24-31(15-21-36(33)40(45)46)29-7-3-1-4-8-29/h27-38,43H,1-26H2,(H,42,44)(H,45,46)(H,47,48). The Kier molecular flexibility index (Phi) is 13.8. The van der Waals surface area contributed by atoms with Gasteiger partial charge in [0.2, 0.25) is 5.91 Å². The molecule has 0 heterocycles. The molecule has 0 bridgehead atoms. The summed E-state index contributed by atoms with van der Waals surface area (Å²) in [5, 5.41) is 23.2. The minimum atomic E-state index is -0.790. The van der Waals surface area contributed by atoms with Crippen molar-refractivity contribution in [3.8, 4) is 0 Å². The van der Waals surface area contributed by atoms with Crippen LogP contribution in [0.5, 0.6) is 0 Å². The zero-order chi connectivity index (χ0) is 34.2. The molecular formula is C41H68N2O6. The average molecular weight is 685 g/mol. The van der Waals surface area contributed by atoms with Crippen molar-refractivity contribution in [1.29, 1.82) is 0 Å². The minimum absolute atomic E-state index is 0.00964. The van der Waals surface area contributed by atoms with Crippen molar-refractivity contribution in [2.45, 2.75) is 173 Å². The summed E-state index contributed by atoms with van der Waals surface area (Å²) in [6, 6.07) is 0.545. The summed E-state index contributed by atoms with van der Waals surface area (Å²) in [7, 11) is 0. The molecule has 6 rings (SSSR count). The van der Waals surface area contributed by atoms with Crippen LogP contribution in [0.25, 0.3) is 0 Å². The molecule has 6 atom stereocenters. The summed E-state index contributed by atoms with van der Waals surface area (Å²) in [5.41, 5.74) is 3.36. The van der Waals surface area contributed by atoms with Crippen LogP contribution in [-0.2, 0) is 19.2 Å². The summed E-state index contributed by atoms with van der Waals surface area (Å²) in [6.07, 6.45) is 28.6. The van der Waals surface area contributed by atoms with Gasteiger partial charge in [-0.25, -0.2) is 0 Å².